The summed E-state index contributed by atoms with van der Waals surface area (Å²) in [6, 6.07) is 6.51. The van der Waals surface area contributed by atoms with E-state index in [1.807, 2.05) is 6.92 Å². The number of aliphatic carboxylic acids is 1. The van der Waals surface area contributed by atoms with Crippen LogP contribution in [0, 0.1) is 11.7 Å². The van der Waals surface area contributed by atoms with E-state index in [1.165, 1.54) is 17.8 Å². The molecule has 1 unspecified atom stereocenters. The quantitative estimate of drug-likeness (QED) is 0.724. The predicted octanol–water partition coefficient (Wildman–Crippen LogP) is 3.15. The smallest absolute Gasteiger partial charge is 0.325 e. The van der Waals surface area contributed by atoms with Crippen molar-refractivity contribution in [2.24, 2.45) is 5.92 Å². The lowest BCUT2D eigenvalue weighted by molar-refractivity contribution is -0.144. The fourth-order valence-electron chi connectivity index (χ4n) is 2.30. The molecule has 0 amide bonds. The average Bonchev–Trinajstić information content (AvgIpc) is 3.25. The summed E-state index contributed by atoms with van der Waals surface area (Å²) in [5.41, 5.74) is -0.928. The number of carboxylic acids is 1. The zero-order valence-corrected chi connectivity index (χ0v) is 12.4. The molecule has 1 saturated carbocycles. The SMILES string of the molecule is CCCNC(CSc1ccccc1F)(C(=O)O)C1CC1. The highest BCUT2D eigenvalue weighted by Gasteiger charge is 2.50. The number of hydrogen-bond acceptors (Lipinski definition) is 3. The highest BCUT2D eigenvalue weighted by Crippen LogP contribution is 2.42. The van der Waals surface area contributed by atoms with Crippen molar-refractivity contribution in [2.75, 3.05) is 12.3 Å². The second-order valence-corrected chi connectivity index (χ2v) is 6.21. The maximum Gasteiger partial charge on any atom is 0.325 e. The number of rotatable bonds is 8. The highest BCUT2D eigenvalue weighted by atomic mass is 32.2. The van der Waals surface area contributed by atoms with E-state index in [1.54, 1.807) is 18.2 Å². The van der Waals surface area contributed by atoms with Gasteiger partial charge in [0.1, 0.15) is 11.4 Å². The maximum atomic E-state index is 13.6. The van der Waals surface area contributed by atoms with Gasteiger partial charge in [-0.05, 0) is 43.9 Å². The number of thioether (sulfide) groups is 1. The molecule has 0 heterocycles. The van der Waals surface area contributed by atoms with Crippen LogP contribution in [0.3, 0.4) is 0 Å². The lowest BCUT2D eigenvalue weighted by atomic mass is 9.95. The van der Waals surface area contributed by atoms with E-state index in [9.17, 15) is 14.3 Å². The molecule has 2 N–H and O–H groups in total. The fraction of sp³-hybridized carbons (Fsp3) is 0.533. The molecule has 1 fully saturated rings. The minimum Gasteiger partial charge on any atom is -0.480 e. The Labute approximate surface area is 123 Å². The van der Waals surface area contributed by atoms with E-state index in [0.29, 0.717) is 17.2 Å². The van der Waals surface area contributed by atoms with Crippen molar-refractivity contribution in [3.63, 3.8) is 0 Å². The van der Waals surface area contributed by atoms with Gasteiger partial charge in [0.2, 0.25) is 0 Å². The number of carbonyl (C=O) groups is 1. The summed E-state index contributed by atoms with van der Waals surface area (Å²) in [5, 5.41) is 12.8. The van der Waals surface area contributed by atoms with Crippen LogP contribution in [-0.2, 0) is 4.79 Å². The van der Waals surface area contributed by atoms with Crippen molar-refractivity contribution in [1.82, 2.24) is 5.32 Å². The van der Waals surface area contributed by atoms with E-state index >= 15 is 0 Å². The van der Waals surface area contributed by atoms with Gasteiger partial charge in [0.25, 0.3) is 0 Å². The topological polar surface area (TPSA) is 49.3 Å². The molecular formula is C15H20FNO2S. The molecule has 1 aliphatic rings. The van der Waals surface area contributed by atoms with Crippen LogP contribution >= 0.6 is 11.8 Å². The second kappa shape index (κ2) is 6.59. The van der Waals surface area contributed by atoms with Crippen LogP contribution < -0.4 is 5.32 Å². The summed E-state index contributed by atoms with van der Waals surface area (Å²) in [4.78, 5) is 12.3. The normalized spacial score (nSPS) is 17.7. The van der Waals surface area contributed by atoms with Crippen LogP contribution in [0.5, 0.6) is 0 Å². The van der Waals surface area contributed by atoms with Crippen molar-refractivity contribution in [2.45, 2.75) is 36.6 Å². The molecule has 0 aromatic heterocycles. The Morgan fingerprint density at radius 2 is 2.20 bits per heavy atom. The van der Waals surface area contributed by atoms with Crippen LogP contribution in [-0.4, -0.2) is 28.9 Å². The van der Waals surface area contributed by atoms with Crippen LogP contribution in [0.1, 0.15) is 26.2 Å². The minimum atomic E-state index is -0.928. The standard InChI is InChI=1S/C15H20FNO2S/c1-2-9-17-15(14(18)19,11-7-8-11)10-20-13-6-4-3-5-12(13)16/h3-6,11,17H,2,7-10H2,1H3,(H,18,19). The van der Waals surface area contributed by atoms with Gasteiger partial charge in [-0.15, -0.1) is 11.8 Å². The number of carboxylic acid groups (broad SMARTS) is 1. The average molecular weight is 297 g/mol. The summed E-state index contributed by atoms with van der Waals surface area (Å²) in [5.74, 6) is -0.598. The third-order valence-corrected chi connectivity index (χ3v) is 4.88. The lowest BCUT2D eigenvalue weighted by Gasteiger charge is -2.30. The lowest BCUT2D eigenvalue weighted by Crippen LogP contribution is -2.56. The van der Waals surface area contributed by atoms with Gasteiger partial charge in [-0.25, -0.2) is 4.39 Å². The molecule has 0 spiro atoms. The van der Waals surface area contributed by atoms with Gasteiger partial charge in [0.15, 0.2) is 0 Å². The summed E-state index contributed by atoms with van der Waals surface area (Å²) in [6.45, 7) is 2.68. The zero-order valence-electron chi connectivity index (χ0n) is 11.6. The van der Waals surface area contributed by atoms with Crippen molar-refractivity contribution < 1.29 is 14.3 Å². The molecule has 1 aromatic carbocycles. The Bertz CT molecular complexity index is 479. The van der Waals surface area contributed by atoms with E-state index in [4.69, 9.17) is 0 Å². The van der Waals surface area contributed by atoms with Crippen molar-refractivity contribution >= 4 is 17.7 Å². The Kier molecular flexibility index (Phi) is 5.05. The number of halogens is 1. The maximum absolute atomic E-state index is 13.6. The summed E-state index contributed by atoms with van der Waals surface area (Å²) >= 11 is 1.28. The van der Waals surface area contributed by atoms with Gasteiger partial charge in [0, 0.05) is 10.6 Å². The molecule has 0 aliphatic heterocycles. The number of hydrogen-bond donors (Lipinski definition) is 2. The zero-order chi connectivity index (χ0) is 14.6. The van der Waals surface area contributed by atoms with Crippen LogP contribution in [0.15, 0.2) is 29.2 Å². The Hall–Kier alpha value is -1.07. The van der Waals surface area contributed by atoms with E-state index in [2.05, 4.69) is 5.32 Å². The van der Waals surface area contributed by atoms with E-state index < -0.39 is 11.5 Å². The molecule has 3 nitrogen and oxygen atoms in total. The van der Waals surface area contributed by atoms with Crippen LogP contribution in [0.4, 0.5) is 4.39 Å². The molecule has 1 atom stereocenters. The predicted molar refractivity (Wildman–Crippen MR) is 78.5 cm³/mol. The van der Waals surface area contributed by atoms with Gasteiger partial charge in [-0.2, -0.15) is 0 Å². The second-order valence-electron chi connectivity index (χ2n) is 5.20. The first kappa shape index (κ1) is 15.3. The number of nitrogens with one attached hydrogen (secondary N) is 1. The molecule has 0 bridgehead atoms. The van der Waals surface area contributed by atoms with Crippen LogP contribution in [0.2, 0.25) is 0 Å². The first-order chi connectivity index (χ1) is 9.60. The molecule has 0 saturated heterocycles. The summed E-state index contributed by atoms with van der Waals surface area (Å²) < 4.78 is 13.6. The van der Waals surface area contributed by atoms with Crippen molar-refractivity contribution in [3.05, 3.63) is 30.1 Å². The Balaban J connectivity index is 2.11. The van der Waals surface area contributed by atoms with E-state index in [-0.39, 0.29) is 11.7 Å². The largest absolute Gasteiger partial charge is 0.480 e. The Morgan fingerprint density at radius 1 is 1.50 bits per heavy atom. The Morgan fingerprint density at radius 3 is 2.75 bits per heavy atom. The van der Waals surface area contributed by atoms with Crippen molar-refractivity contribution in [3.8, 4) is 0 Å². The summed E-state index contributed by atoms with van der Waals surface area (Å²) in [7, 11) is 0. The molecule has 0 radical (unpaired) electrons. The summed E-state index contributed by atoms with van der Waals surface area (Å²) in [6.07, 6.45) is 2.74. The monoisotopic (exact) mass is 297 g/mol. The first-order valence-corrected chi connectivity index (χ1v) is 7.94. The van der Waals surface area contributed by atoms with E-state index in [0.717, 1.165) is 19.3 Å². The first-order valence-electron chi connectivity index (χ1n) is 6.96. The fourth-order valence-corrected chi connectivity index (χ4v) is 3.53. The van der Waals surface area contributed by atoms with Gasteiger partial charge in [0.05, 0.1) is 0 Å². The molecule has 110 valence electrons. The van der Waals surface area contributed by atoms with Crippen LogP contribution in [0.25, 0.3) is 0 Å². The molecule has 20 heavy (non-hydrogen) atoms. The van der Waals surface area contributed by atoms with Gasteiger partial charge in [-0.1, -0.05) is 19.1 Å². The van der Waals surface area contributed by atoms with Crippen molar-refractivity contribution in [1.29, 1.82) is 0 Å². The van der Waals surface area contributed by atoms with Gasteiger partial charge in [-0.3, -0.25) is 4.79 Å². The van der Waals surface area contributed by atoms with Gasteiger partial charge >= 0.3 is 5.97 Å². The molecule has 1 aliphatic carbocycles. The number of benzene rings is 1. The molecule has 2 rings (SSSR count). The van der Waals surface area contributed by atoms with Gasteiger partial charge < -0.3 is 10.4 Å². The third-order valence-electron chi connectivity index (χ3n) is 3.64. The minimum absolute atomic E-state index is 0.158. The molecular weight excluding hydrogens is 277 g/mol. The molecule has 5 heteroatoms. The molecule has 1 aromatic rings. The highest BCUT2D eigenvalue weighted by molar-refractivity contribution is 7.99. The third kappa shape index (κ3) is 3.33.